The molecule has 7 nitrogen and oxygen atoms in total. The molecule has 0 unspecified atom stereocenters. The van der Waals surface area contributed by atoms with E-state index in [1.807, 2.05) is 0 Å². The molecular weight excluding hydrogens is 280 g/mol. The van der Waals surface area contributed by atoms with Crippen molar-refractivity contribution in [1.29, 1.82) is 0 Å². The van der Waals surface area contributed by atoms with Gasteiger partial charge in [-0.05, 0) is 26.8 Å². The number of nitrogens with two attached hydrogens (primary N) is 1. The van der Waals surface area contributed by atoms with E-state index in [1.165, 1.54) is 4.31 Å². The van der Waals surface area contributed by atoms with Gasteiger partial charge in [-0.15, -0.1) is 0 Å². The number of hydrogen-bond acceptors (Lipinski definition) is 5. The number of likely N-dealkylation sites (N-methyl/N-ethyl adjacent to an activating group) is 1. The molecule has 0 spiro atoms. The first kappa shape index (κ1) is 17.1. The molecule has 1 aromatic heterocycles. The highest BCUT2D eigenvalue weighted by Crippen LogP contribution is 2.22. The van der Waals surface area contributed by atoms with Crippen LogP contribution in [0.1, 0.15) is 17.8 Å². The number of hydrogen-bond donors (Lipinski definition) is 1. The summed E-state index contributed by atoms with van der Waals surface area (Å²) in [5, 5.41) is 4.30. The van der Waals surface area contributed by atoms with E-state index >= 15 is 0 Å². The molecule has 0 aliphatic heterocycles. The van der Waals surface area contributed by atoms with Crippen LogP contribution in [0.2, 0.25) is 0 Å². The van der Waals surface area contributed by atoms with E-state index in [0.717, 1.165) is 6.42 Å². The number of ether oxygens (including phenoxy) is 1. The molecule has 20 heavy (non-hydrogen) atoms. The summed E-state index contributed by atoms with van der Waals surface area (Å²) in [6.07, 6.45) is 0.765. The molecule has 0 atom stereocenters. The Bertz CT molecular complexity index is 539. The zero-order chi connectivity index (χ0) is 15.3. The molecule has 0 saturated carbocycles. The van der Waals surface area contributed by atoms with Gasteiger partial charge in [0.1, 0.15) is 4.90 Å². The number of aryl methyl sites for hydroxylation is 2. The molecule has 0 aliphatic carbocycles. The minimum Gasteiger partial charge on any atom is -0.383 e. The highest BCUT2D eigenvalue weighted by molar-refractivity contribution is 7.89. The Labute approximate surface area is 120 Å². The molecule has 0 radical (unpaired) electrons. The van der Waals surface area contributed by atoms with Crippen molar-refractivity contribution in [2.45, 2.75) is 31.7 Å². The van der Waals surface area contributed by atoms with Gasteiger partial charge < -0.3 is 10.5 Å². The van der Waals surface area contributed by atoms with Gasteiger partial charge in [0.25, 0.3) is 0 Å². The molecule has 0 aliphatic rings. The van der Waals surface area contributed by atoms with Gasteiger partial charge in [-0.2, -0.15) is 9.40 Å². The highest BCUT2D eigenvalue weighted by Gasteiger charge is 2.28. The lowest BCUT2D eigenvalue weighted by molar-refractivity contribution is 0.185. The van der Waals surface area contributed by atoms with E-state index in [2.05, 4.69) is 5.10 Å². The van der Waals surface area contributed by atoms with Crippen LogP contribution in [0.25, 0.3) is 0 Å². The summed E-state index contributed by atoms with van der Waals surface area (Å²) in [4.78, 5) is 0.285. The molecule has 1 aromatic rings. The van der Waals surface area contributed by atoms with E-state index in [0.29, 0.717) is 37.6 Å². The van der Waals surface area contributed by atoms with Crippen molar-refractivity contribution in [3.63, 3.8) is 0 Å². The van der Waals surface area contributed by atoms with Gasteiger partial charge in [-0.25, -0.2) is 8.42 Å². The monoisotopic (exact) mass is 304 g/mol. The summed E-state index contributed by atoms with van der Waals surface area (Å²) in [5.74, 6) is 0. The Kier molecular flexibility index (Phi) is 6.12. The predicted molar refractivity (Wildman–Crippen MR) is 77.1 cm³/mol. The van der Waals surface area contributed by atoms with E-state index in [9.17, 15) is 8.42 Å². The molecular formula is C12H24N4O3S. The Morgan fingerprint density at radius 1 is 1.40 bits per heavy atom. The minimum absolute atomic E-state index is 0.285. The van der Waals surface area contributed by atoms with Crippen LogP contribution in [0.4, 0.5) is 0 Å². The van der Waals surface area contributed by atoms with Gasteiger partial charge >= 0.3 is 0 Å². The van der Waals surface area contributed by atoms with Crippen molar-refractivity contribution in [3.8, 4) is 0 Å². The number of methoxy groups -OCH3 is 1. The quantitative estimate of drug-likeness (QED) is 0.736. The van der Waals surface area contributed by atoms with Crippen LogP contribution in [0, 0.1) is 13.8 Å². The smallest absolute Gasteiger partial charge is 0.246 e. The van der Waals surface area contributed by atoms with Gasteiger partial charge in [-0.3, -0.25) is 4.68 Å². The van der Waals surface area contributed by atoms with Gasteiger partial charge in [0.05, 0.1) is 18.0 Å². The maximum absolute atomic E-state index is 12.6. The highest BCUT2D eigenvalue weighted by atomic mass is 32.2. The number of aromatic nitrogens is 2. The maximum Gasteiger partial charge on any atom is 0.246 e. The molecule has 0 amide bonds. The van der Waals surface area contributed by atoms with Crippen LogP contribution in [-0.2, 0) is 21.3 Å². The van der Waals surface area contributed by atoms with Gasteiger partial charge in [0, 0.05) is 27.2 Å². The van der Waals surface area contributed by atoms with Gasteiger partial charge in [-0.1, -0.05) is 0 Å². The normalized spacial score (nSPS) is 12.3. The molecule has 116 valence electrons. The minimum atomic E-state index is -3.54. The third-order valence-corrected chi connectivity index (χ3v) is 5.28. The van der Waals surface area contributed by atoms with Gasteiger partial charge in [0.15, 0.2) is 0 Å². The zero-order valence-electron chi connectivity index (χ0n) is 12.6. The number of nitrogens with zero attached hydrogens (tertiary/aromatic N) is 3. The van der Waals surface area contributed by atoms with Crippen LogP contribution >= 0.6 is 0 Å². The molecule has 0 saturated heterocycles. The van der Waals surface area contributed by atoms with Crippen molar-refractivity contribution in [1.82, 2.24) is 14.1 Å². The van der Waals surface area contributed by atoms with Crippen LogP contribution in [-0.4, -0.2) is 56.4 Å². The summed E-state index contributed by atoms with van der Waals surface area (Å²) in [7, 11) is -0.448. The van der Waals surface area contributed by atoms with Crippen LogP contribution in [0.3, 0.4) is 0 Å². The Balaban J connectivity index is 3.09. The maximum atomic E-state index is 12.6. The zero-order valence-corrected chi connectivity index (χ0v) is 13.4. The van der Waals surface area contributed by atoms with E-state index < -0.39 is 10.0 Å². The van der Waals surface area contributed by atoms with Crippen molar-refractivity contribution in [3.05, 3.63) is 11.4 Å². The van der Waals surface area contributed by atoms with Crippen LogP contribution in [0.5, 0.6) is 0 Å². The van der Waals surface area contributed by atoms with Crippen molar-refractivity contribution in [2.75, 3.05) is 33.9 Å². The largest absolute Gasteiger partial charge is 0.383 e. The summed E-state index contributed by atoms with van der Waals surface area (Å²) in [6.45, 7) is 5.33. The van der Waals surface area contributed by atoms with Crippen LogP contribution in [0.15, 0.2) is 4.90 Å². The lowest BCUT2D eigenvalue weighted by atomic mass is 10.4. The summed E-state index contributed by atoms with van der Waals surface area (Å²) in [6, 6.07) is 0. The first-order valence-corrected chi connectivity index (χ1v) is 7.99. The summed E-state index contributed by atoms with van der Waals surface area (Å²) < 4.78 is 33.0. The SMILES string of the molecule is COCCN(C)S(=O)(=O)c1c(C)nn(CCCN)c1C. The predicted octanol–water partition coefficient (Wildman–Crippen LogP) is 0.116. The van der Waals surface area contributed by atoms with E-state index in [1.54, 1.807) is 32.7 Å². The third kappa shape index (κ3) is 3.57. The molecule has 0 bridgehead atoms. The first-order valence-electron chi connectivity index (χ1n) is 6.55. The molecule has 2 N–H and O–H groups in total. The number of sulfonamides is 1. The van der Waals surface area contributed by atoms with Crippen molar-refractivity contribution in [2.24, 2.45) is 5.73 Å². The molecule has 1 rings (SSSR count). The fourth-order valence-electron chi connectivity index (χ4n) is 2.01. The third-order valence-electron chi connectivity index (χ3n) is 3.17. The molecule has 0 aromatic carbocycles. The summed E-state index contributed by atoms with van der Waals surface area (Å²) >= 11 is 0. The fraction of sp³-hybridized carbons (Fsp3) is 0.750. The van der Waals surface area contributed by atoms with E-state index in [-0.39, 0.29) is 4.90 Å². The molecule has 8 heteroatoms. The van der Waals surface area contributed by atoms with Crippen molar-refractivity contribution < 1.29 is 13.2 Å². The lowest BCUT2D eigenvalue weighted by Crippen LogP contribution is -2.30. The van der Waals surface area contributed by atoms with Gasteiger partial charge in [0.2, 0.25) is 10.0 Å². The number of rotatable bonds is 8. The lowest BCUT2D eigenvalue weighted by Gasteiger charge is -2.17. The average molecular weight is 304 g/mol. The molecule has 0 fully saturated rings. The molecule has 1 heterocycles. The Morgan fingerprint density at radius 2 is 2.05 bits per heavy atom. The van der Waals surface area contributed by atoms with Crippen molar-refractivity contribution >= 4 is 10.0 Å². The Morgan fingerprint density at radius 3 is 2.60 bits per heavy atom. The fourth-order valence-corrected chi connectivity index (χ4v) is 3.53. The second-order valence-corrected chi connectivity index (χ2v) is 6.67. The Hall–Kier alpha value is -0.960. The van der Waals surface area contributed by atoms with Crippen LogP contribution < -0.4 is 5.73 Å². The topological polar surface area (TPSA) is 90.5 Å². The van der Waals surface area contributed by atoms with E-state index in [4.69, 9.17) is 10.5 Å². The second kappa shape index (κ2) is 7.16. The average Bonchev–Trinajstić information content (AvgIpc) is 2.68. The standard InChI is InChI=1S/C12H24N4O3S/c1-10-12(11(2)16(14-10)7-5-6-13)20(17,18)15(3)8-9-19-4/h5-9,13H2,1-4H3. The first-order chi connectivity index (χ1) is 9.36. The summed E-state index contributed by atoms with van der Waals surface area (Å²) in [5.41, 5.74) is 6.65. The second-order valence-electron chi connectivity index (χ2n) is 4.68.